The van der Waals surface area contributed by atoms with Gasteiger partial charge in [-0.2, -0.15) is 0 Å². The molecular weight excluding hydrogens is 325 g/mol. The van der Waals surface area contributed by atoms with E-state index in [2.05, 4.69) is 22.1 Å². The third-order valence-corrected chi connectivity index (χ3v) is 4.39. The number of aliphatic hydroxyl groups excluding tert-OH is 1. The van der Waals surface area contributed by atoms with E-state index in [0.29, 0.717) is 6.54 Å². The Labute approximate surface area is 140 Å². The van der Waals surface area contributed by atoms with Crippen molar-refractivity contribution in [1.29, 1.82) is 0 Å². The number of hydrogen-bond donors (Lipinski definition) is 2. The lowest BCUT2D eigenvalue weighted by atomic mass is 9.99. The number of piperidine rings is 1. The van der Waals surface area contributed by atoms with Crippen LogP contribution in [0.4, 0.5) is 0 Å². The van der Waals surface area contributed by atoms with Crippen molar-refractivity contribution in [3.05, 3.63) is 28.0 Å². The lowest BCUT2D eigenvalue weighted by Gasteiger charge is -2.31. The molecule has 0 saturated carbocycles. The molecule has 0 spiro atoms. The lowest BCUT2D eigenvalue weighted by Crippen LogP contribution is -2.43. The van der Waals surface area contributed by atoms with Gasteiger partial charge in [0.15, 0.2) is 0 Å². The van der Waals surface area contributed by atoms with E-state index in [1.165, 1.54) is 12.1 Å². The van der Waals surface area contributed by atoms with Crippen LogP contribution in [0, 0.1) is 5.92 Å². The molecule has 1 amide bonds. The maximum atomic E-state index is 12.0. The van der Waals surface area contributed by atoms with E-state index in [4.69, 9.17) is 23.2 Å². The van der Waals surface area contributed by atoms with E-state index in [-0.39, 0.29) is 22.4 Å². The minimum atomic E-state index is -0.615. The van der Waals surface area contributed by atoms with Gasteiger partial charge in [-0.3, -0.25) is 4.79 Å². The second kappa shape index (κ2) is 8.11. The van der Waals surface area contributed by atoms with Gasteiger partial charge in [-0.15, -0.1) is 0 Å². The van der Waals surface area contributed by atoms with Crippen LogP contribution in [0.1, 0.15) is 30.3 Å². The number of pyridine rings is 1. The van der Waals surface area contributed by atoms with Gasteiger partial charge >= 0.3 is 0 Å². The number of aliphatic hydroxyl groups is 1. The number of halogens is 2. The Kier molecular flexibility index (Phi) is 6.44. The predicted molar refractivity (Wildman–Crippen MR) is 87.4 cm³/mol. The number of nitrogens with zero attached hydrogens (tertiary/aromatic N) is 2. The van der Waals surface area contributed by atoms with Crippen LogP contribution in [0.25, 0.3) is 0 Å². The quantitative estimate of drug-likeness (QED) is 0.803. The minimum Gasteiger partial charge on any atom is -0.390 e. The molecule has 2 heterocycles. The molecule has 1 aliphatic heterocycles. The van der Waals surface area contributed by atoms with Crippen molar-refractivity contribution in [1.82, 2.24) is 15.2 Å². The van der Waals surface area contributed by atoms with E-state index in [1.807, 2.05) is 0 Å². The lowest BCUT2D eigenvalue weighted by molar-refractivity contribution is 0.0792. The van der Waals surface area contributed by atoms with Crippen molar-refractivity contribution >= 4 is 29.1 Å². The van der Waals surface area contributed by atoms with Crippen molar-refractivity contribution < 1.29 is 9.90 Å². The summed E-state index contributed by atoms with van der Waals surface area (Å²) >= 11 is 11.7. The van der Waals surface area contributed by atoms with Crippen LogP contribution < -0.4 is 5.32 Å². The van der Waals surface area contributed by atoms with Crippen molar-refractivity contribution in [3.8, 4) is 0 Å². The molecule has 0 bridgehead atoms. The number of nitrogens with one attached hydrogen (secondary N) is 1. The molecule has 5 nitrogen and oxygen atoms in total. The maximum Gasteiger partial charge on any atom is 0.271 e. The molecule has 2 N–H and O–H groups in total. The highest BCUT2D eigenvalue weighted by molar-refractivity contribution is 6.34. The first-order valence-electron chi connectivity index (χ1n) is 7.46. The first-order chi connectivity index (χ1) is 10.5. The van der Waals surface area contributed by atoms with Gasteiger partial charge in [-0.1, -0.05) is 30.1 Å². The third kappa shape index (κ3) is 5.09. The zero-order valence-electron chi connectivity index (χ0n) is 12.6. The number of amides is 1. The Morgan fingerprint density at radius 1 is 1.45 bits per heavy atom. The monoisotopic (exact) mass is 345 g/mol. The number of aromatic nitrogens is 1. The Balaban J connectivity index is 1.79. The van der Waals surface area contributed by atoms with Crippen LogP contribution in [0.5, 0.6) is 0 Å². The summed E-state index contributed by atoms with van der Waals surface area (Å²) in [4.78, 5) is 18.1. The van der Waals surface area contributed by atoms with E-state index in [1.54, 1.807) is 0 Å². The van der Waals surface area contributed by atoms with Gasteiger partial charge in [0, 0.05) is 13.1 Å². The number of hydrogen-bond acceptors (Lipinski definition) is 4. The summed E-state index contributed by atoms with van der Waals surface area (Å²) in [5.74, 6) is 0.322. The fourth-order valence-electron chi connectivity index (χ4n) is 2.48. The molecule has 1 unspecified atom stereocenters. The average molecular weight is 346 g/mol. The highest BCUT2D eigenvalue weighted by Crippen LogP contribution is 2.17. The van der Waals surface area contributed by atoms with Crippen LogP contribution in [0.15, 0.2) is 12.1 Å². The molecular formula is C15H21Cl2N3O2. The van der Waals surface area contributed by atoms with Gasteiger partial charge in [0.2, 0.25) is 0 Å². The molecule has 0 aromatic carbocycles. The van der Waals surface area contributed by atoms with E-state index in [0.717, 1.165) is 31.8 Å². The summed E-state index contributed by atoms with van der Waals surface area (Å²) in [5, 5.41) is 13.1. The summed E-state index contributed by atoms with van der Waals surface area (Å²) < 4.78 is 0. The van der Waals surface area contributed by atoms with E-state index in [9.17, 15) is 9.90 Å². The van der Waals surface area contributed by atoms with Crippen molar-refractivity contribution in [2.24, 2.45) is 5.92 Å². The van der Waals surface area contributed by atoms with Crippen molar-refractivity contribution in [2.45, 2.75) is 25.9 Å². The molecule has 1 fully saturated rings. The molecule has 7 heteroatoms. The minimum absolute atomic E-state index is 0.0770. The molecule has 1 atom stereocenters. The SMILES string of the molecule is CC1CCN(CC(O)CNC(=O)c2nc(Cl)ccc2Cl)CC1. The molecule has 1 saturated heterocycles. The van der Waals surface area contributed by atoms with Gasteiger partial charge in [-0.25, -0.2) is 4.98 Å². The summed E-state index contributed by atoms with van der Waals surface area (Å²) in [6.07, 6.45) is 1.69. The van der Waals surface area contributed by atoms with Crippen LogP contribution in [-0.4, -0.2) is 53.2 Å². The van der Waals surface area contributed by atoms with Gasteiger partial charge in [0.25, 0.3) is 5.91 Å². The molecule has 0 radical (unpaired) electrons. The fraction of sp³-hybridized carbons (Fsp3) is 0.600. The number of carbonyl (C=O) groups is 1. The zero-order valence-corrected chi connectivity index (χ0v) is 14.1. The van der Waals surface area contributed by atoms with Gasteiger partial charge in [0.05, 0.1) is 11.1 Å². The molecule has 1 aliphatic rings. The standard InChI is InChI=1S/C15H21Cl2N3O2/c1-10-4-6-20(7-5-10)9-11(21)8-18-15(22)14-12(16)2-3-13(17)19-14/h2-3,10-11,21H,4-9H2,1H3,(H,18,22). The van der Waals surface area contributed by atoms with Crippen LogP contribution in [-0.2, 0) is 0 Å². The van der Waals surface area contributed by atoms with E-state index < -0.39 is 12.0 Å². The second-order valence-corrected chi connectivity index (χ2v) is 6.61. The number of likely N-dealkylation sites (tertiary alicyclic amines) is 1. The van der Waals surface area contributed by atoms with Gasteiger partial charge in [-0.05, 0) is 44.0 Å². The van der Waals surface area contributed by atoms with Crippen molar-refractivity contribution in [2.75, 3.05) is 26.2 Å². The molecule has 0 aliphatic carbocycles. The predicted octanol–water partition coefficient (Wildman–Crippen LogP) is 2.21. The summed E-state index contributed by atoms with van der Waals surface area (Å²) in [6, 6.07) is 3.05. The normalized spacial score (nSPS) is 18.2. The molecule has 22 heavy (non-hydrogen) atoms. The Hall–Kier alpha value is -0.880. The second-order valence-electron chi connectivity index (χ2n) is 5.81. The Morgan fingerprint density at radius 3 is 2.82 bits per heavy atom. The number of rotatable bonds is 5. The van der Waals surface area contributed by atoms with E-state index >= 15 is 0 Å². The molecule has 1 aromatic heterocycles. The first kappa shape index (κ1) is 17.5. The summed E-state index contributed by atoms with van der Waals surface area (Å²) in [5.41, 5.74) is 0.0770. The first-order valence-corrected chi connectivity index (χ1v) is 8.22. The molecule has 1 aromatic rings. The summed E-state index contributed by atoms with van der Waals surface area (Å²) in [7, 11) is 0. The highest BCUT2D eigenvalue weighted by Gasteiger charge is 2.19. The largest absolute Gasteiger partial charge is 0.390 e. The Bertz CT molecular complexity index is 520. The van der Waals surface area contributed by atoms with Gasteiger partial charge in [0.1, 0.15) is 10.8 Å². The topological polar surface area (TPSA) is 65.5 Å². The highest BCUT2D eigenvalue weighted by atomic mass is 35.5. The van der Waals surface area contributed by atoms with Crippen LogP contribution >= 0.6 is 23.2 Å². The fourth-order valence-corrected chi connectivity index (χ4v) is 2.82. The van der Waals surface area contributed by atoms with Crippen LogP contribution in [0.2, 0.25) is 10.2 Å². The maximum absolute atomic E-state index is 12.0. The number of carbonyl (C=O) groups excluding carboxylic acids is 1. The van der Waals surface area contributed by atoms with Crippen LogP contribution in [0.3, 0.4) is 0 Å². The number of β-amino-alcohol motifs (C(OH)–C–C–N with tert-alkyl or cyclic N) is 1. The Morgan fingerprint density at radius 2 is 2.14 bits per heavy atom. The van der Waals surface area contributed by atoms with Gasteiger partial charge < -0.3 is 15.3 Å². The molecule has 122 valence electrons. The zero-order chi connectivity index (χ0) is 16.1. The smallest absolute Gasteiger partial charge is 0.271 e. The summed E-state index contributed by atoms with van der Waals surface area (Å²) in [6.45, 7) is 4.95. The van der Waals surface area contributed by atoms with Crippen molar-refractivity contribution in [3.63, 3.8) is 0 Å². The third-order valence-electron chi connectivity index (χ3n) is 3.87. The molecule has 2 rings (SSSR count). The average Bonchev–Trinajstić information content (AvgIpc) is 2.49.